The highest BCUT2D eigenvalue weighted by molar-refractivity contribution is 5.96. The predicted molar refractivity (Wildman–Crippen MR) is 95.0 cm³/mol. The fourth-order valence-corrected chi connectivity index (χ4v) is 2.90. The van der Waals surface area contributed by atoms with Crippen LogP contribution in [0.1, 0.15) is 12.0 Å². The van der Waals surface area contributed by atoms with Gasteiger partial charge in [0.2, 0.25) is 5.91 Å². The van der Waals surface area contributed by atoms with Crippen molar-refractivity contribution < 1.29 is 18.4 Å². The molecule has 0 saturated carbocycles. The average molecular weight is 359 g/mol. The van der Waals surface area contributed by atoms with Crippen molar-refractivity contribution >= 4 is 23.3 Å². The van der Waals surface area contributed by atoms with E-state index < -0.39 is 23.4 Å². The largest absolute Gasteiger partial charge is 0.338 e. The standard InChI is InChI=1S/C19H19F2N3O2/c1-12-5-7-14(8-6-12)24-11-13(9-17(24)25)10-22-19(26)23-18-15(20)3-2-4-16(18)21/h2-8,13H,9-11H2,1H3,(H2,22,23,26)/t13-/m1/s1. The Morgan fingerprint density at radius 3 is 2.46 bits per heavy atom. The van der Waals surface area contributed by atoms with E-state index in [9.17, 15) is 18.4 Å². The predicted octanol–water partition coefficient (Wildman–Crippen LogP) is 3.45. The lowest BCUT2D eigenvalue weighted by Crippen LogP contribution is -2.34. The lowest BCUT2D eigenvalue weighted by molar-refractivity contribution is -0.117. The number of carbonyl (C=O) groups excluding carboxylic acids is 2. The van der Waals surface area contributed by atoms with Crippen LogP contribution in [-0.4, -0.2) is 25.0 Å². The first-order chi connectivity index (χ1) is 12.4. The number of rotatable bonds is 4. The number of anilines is 2. The Labute approximate surface area is 150 Å². The van der Waals surface area contributed by atoms with Gasteiger partial charge in [0.25, 0.3) is 0 Å². The van der Waals surface area contributed by atoms with Crippen LogP contribution in [-0.2, 0) is 4.79 Å². The zero-order valence-corrected chi connectivity index (χ0v) is 14.3. The summed E-state index contributed by atoms with van der Waals surface area (Å²) in [6.45, 7) is 2.69. The number of halogens is 2. The molecule has 0 spiro atoms. The summed E-state index contributed by atoms with van der Waals surface area (Å²) in [5.41, 5.74) is 1.44. The second kappa shape index (κ2) is 7.51. The van der Waals surface area contributed by atoms with Crippen LogP contribution < -0.4 is 15.5 Å². The molecular weight excluding hydrogens is 340 g/mol. The van der Waals surface area contributed by atoms with Gasteiger partial charge in [-0.3, -0.25) is 4.79 Å². The Morgan fingerprint density at radius 1 is 1.15 bits per heavy atom. The fourth-order valence-electron chi connectivity index (χ4n) is 2.90. The first kappa shape index (κ1) is 17.8. The van der Waals surface area contributed by atoms with Crippen LogP contribution in [0, 0.1) is 24.5 Å². The van der Waals surface area contributed by atoms with Crippen LogP contribution in [0.5, 0.6) is 0 Å². The highest BCUT2D eigenvalue weighted by Gasteiger charge is 2.30. The SMILES string of the molecule is Cc1ccc(N2C[C@@H](CNC(=O)Nc3c(F)cccc3F)CC2=O)cc1. The molecule has 1 fully saturated rings. The minimum Gasteiger partial charge on any atom is -0.338 e. The van der Waals surface area contributed by atoms with Crippen molar-refractivity contribution in [1.29, 1.82) is 0 Å². The third kappa shape index (κ3) is 3.99. The molecule has 5 nitrogen and oxygen atoms in total. The van der Waals surface area contributed by atoms with Gasteiger partial charge in [-0.25, -0.2) is 13.6 Å². The van der Waals surface area contributed by atoms with Crippen molar-refractivity contribution in [2.75, 3.05) is 23.3 Å². The zero-order valence-electron chi connectivity index (χ0n) is 14.3. The van der Waals surface area contributed by atoms with Crippen molar-refractivity contribution in [3.05, 3.63) is 59.7 Å². The number of hydrogen-bond acceptors (Lipinski definition) is 2. The van der Waals surface area contributed by atoms with Gasteiger partial charge < -0.3 is 15.5 Å². The maximum Gasteiger partial charge on any atom is 0.319 e. The van der Waals surface area contributed by atoms with Crippen molar-refractivity contribution in [3.8, 4) is 0 Å². The van der Waals surface area contributed by atoms with Gasteiger partial charge >= 0.3 is 6.03 Å². The molecule has 1 atom stereocenters. The monoisotopic (exact) mass is 359 g/mol. The maximum atomic E-state index is 13.5. The Kier molecular flexibility index (Phi) is 5.16. The second-order valence-electron chi connectivity index (χ2n) is 6.34. The normalized spacial score (nSPS) is 16.7. The van der Waals surface area contributed by atoms with E-state index in [4.69, 9.17) is 0 Å². The van der Waals surface area contributed by atoms with Crippen LogP contribution in [0.4, 0.5) is 25.0 Å². The summed E-state index contributed by atoms with van der Waals surface area (Å²) < 4.78 is 27.1. The molecular formula is C19H19F2N3O2. The minimum atomic E-state index is -0.846. The topological polar surface area (TPSA) is 61.4 Å². The third-order valence-corrected chi connectivity index (χ3v) is 4.30. The van der Waals surface area contributed by atoms with E-state index in [0.717, 1.165) is 23.4 Å². The minimum absolute atomic E-state index is 0.0128. The summed E-state index contributed by atoms with van der Waals surface area (Å²) in [5, 5.41) is 4.73. The molecule has 0 radical (unpaired) electrons. The van der Waals surface area contributed by atoms with E-state index in [-0.39, 0.29) is 18.4 Å². The van der Waals surface area contributed by atoms with Gasteiger partial charge in [-0.15, -0.1) is 0 Å². The van der Waals surface area contributed by atoms with Crippen LogP contribution in [0.25, 0.3) is 0 Å². The van der Waals surface area contributed by atoms with Gasteiger partial charge in [0.15, 0.2) is 0 Å². The van der Waals surface area contributed by atoms with Gasteiger partial charge in [0.1, 0.15) is 17.3 Å². The molecule has 2 aromatic rings. The lowest BCUT2D eigenvalue weighted by Gasteiger charge is -2.17. The quantitative estimate of drug-likeness (QED) is 0.878. The number of amides is 3. The number of carbonyl (C=O) groups is 2. The van der Waals surface area contributed by atoms with E-state index >= 15 is 0 Å². The summed E-state index contributed by atoms with van der Waals surface area (Å²) in [6, 6.07) is 10.3. The summed E-state index contributed by atoms with van der Waals surface area (Å²) in [7, 11) is 0. The van der Waals surface area contributed by atoms with Gasteiger partial charge in [-0.05, 0) is 31.2 Å². The molecule has 3 amide bonds. The van der Waals surface area contributed by atoms with Crippen LogP contribution in [0.3, 0.4) is 0 Å². The van der Waals surface area contributed by atoms with E-state index in [0.29, 0.717) is 13.0 Å². The molecule has 2 N–H and O–H groups in total. The molecule has 1 aliphatic rings. The van der Waals surface area contributed by atoms with Gasteiger partial charge in [-0.2, -0.15) is 0 Å². The number of nitrogens with zero attached hydrogens (tertiary/aromatic N) is 1. The molecule has 136 valence electrons. The highest BCUT2D eigenvalue weighted by Crippen LogP contribution is 2.25. The van der Waals surface area contributed by atoms with Crippen molar-refractivity contribution in [1.82, 2.24) is 5.32 Å². The molecule has 2 aromatic carbocycles. The maximum absolute atomic E-state index is 13.5. The second-order valence-corrected chi connectivity index (χ2v) is 6.34. The summed E-state index contributed by atoms with van der Waals surface area (Å²) in [6.07, 6.45) is 0.308. The van der Waals surface area contributed by atoms with Gasteiger partial charge in [0, 0.05) is 31.1 Å². The van der Waals surface area contributed by atoms with E-state index in [1.165, 1.54) is 6.07 Å². The molecule has 1 saturated heterocycles. The van der Waals surface area contributed by atoms with E-state index in [2.05, 4.69) is 10.6 Å². The molecule has 26 heavy (non-hydrogen) atoms. The Bertz CT molecular complexity index is 804. The van der Waals surface area contributed by atoms with Gasteiger partial charge in [-0.1, -0.05) is 23.8 Å². The third-order valence-electron chi connectivity index (χ3n) is 4.30. The van der Waals surface area contributed by atoms with Crippen molar-refractivity contribution in [2.24, 2.45) is 5.92 Å². The first-order valence-corrected chi connectivity index (χ1v) is 8.30. The number of urea groups is 1. The molecule has 0 bridgehead atoms. The molecule has 1 heterocycles. The number of para-hydroxylation sites is 1. The van der Waals surface area contributed by atoms with Crippen molar-refractivity contribution in [2.45, 2.75) is 13.3 Å². The molecule has 7 heteroatoms. The molecule has 0 aromatic heterocycles. The van der Waals surface area contributed by atoms with E-state index in [1.54, 1.807) is 4.90 Å². The fraction of sp³-hybridized carbons (Fsp3) is 0.263. The van der Waals surface area contributed by atoms with Crippen LogP contribution in [0.15, 0.2) is 42.5 Å². The first-order valence-electron chi connectivity index (χ1n) is 8.30. The summed E-state index contributed by atoms with van der Waals surface area (Å²) in [4.78, 5) is 25.8. The number of aryl methyl sites for hydroxylation is 1. The molecule has 1 aliphatic heterocycles. The van der Waals surface area contributed by atoms with E-state index in [1.807, 2.05) is 31.2 Å². The summed E-state index contributed by atoms with van der Waals surface area (Å²) >= 11 is 0. The van der Waals surface area contributed by atoms with Gasteiger partial charge in [0.05, 0.1) is 0 Å². The Morgan fingerprint density at radius 2 is 1.81 bits per heavy atom. The Hall–Kier alpha value is -2.96. The lowest BCUT2D eigenvalue weighted by atomic mass is 10.1. The molecule has 0 aliphatic carbocycles. The zero-order chi connectivity index (χ0) is 18.7. The van der Waals surface area contributed by atoms with Crippen LogP contribution in [0.2, 0.25) is 0 Å². The smallest absolute Gasteiger partial charge is 0.319 e. The highest BCUT2D eigenvalue weighted by atomic mass is 19.1. The average Bonchev–Trinajstić information content (AvgIpc) is 2.98. The van der Waals surface area contributed by atoms with Crippen molar-refractivity contribution in [3.63, 3.8) is 0 Å². The molecule has 3 rings (SSSR count). The number of hydrogen-bond donors (Lipinski definition) is 2. The van der Waals surface area contributed by atoms with Crippen LogP contribution >= 0.6 is 0 Å². The number of benzene rings is 2. The molecule has 0 unspecified atom stereocenters. The Balaban J connectivity index is 1.54. The summed E-state index contributed by atoms with van der Waals surface area (Å²) in [5.74, 6) is -1.77. The number of nitrogens with one attached hydrogen (secondary N) is 2.